The molecule has 1 aromatic heterocycles. The van der Waals surface area contributed by atoms with E-state index >= 15 is 0 Å². The van der Waals surface area contributed by atoms with Crippen LogP contribution < -0.4 is 4.74 Å². The minimum atomic E-state index is 0.500. The first kappa shape index (κ1) is 4.45. The summed E-state index contributed by atoms with van der Waals surface area (Å²) in [5.74, 6) is 0. The van der Waals surface area contributed by atoms with Crippen LogP contribution in [0.15, 0.2) is 0 Å². The van der Waals surface area contributed by atoms with Gasteiger partial charge in [-0.25, -0.2) is 0 Å². The quantitative estimate of drug-likeness (QED) is 0.517. The Morgan fingerprint density at radius 1 is 1.71 bits per heavy atom. The maximum Gasteiger partial charge on any atom is 0.313 e. The van der Waals surface area contributed by atoms with Crippen molar-refractivity contribution in [2.24, 2.45) is 0 Å². The molecule has 0 amide bonds. The molecule has 0 atom stereocenters. The van der Waals surface area contributed by atoms with Crippen LogP contribution in [0.2, 0.25) is 0 Å². The molecule has 0 N–H and O–H groups in total. The third-order valence-electron chi connectivity index (χ3n) is 0.456. The van der Waals surface area contributed by atoms with Gasteiger partial charge in [-0.2, -0.15) is 0 Å². The van der Waals surface area contributed by atoms with Crippen molar-refractivity contribution in [1.82, 2.24) is 14.8 Å². The van der Waals surface area contributed by atoms with Crippen molar-refractivity contribution in [2.45, 2.75) is 0 Å². The molecule has 0 saturated carbocycles. The largest absolute Gasteiger partial charge is 0.471 e. The second-order valence-corrected chi connectivity index (χ2v) is 1.53. The van der Waals surface area contributed by atoms with Gasteiger partial charge in [0.15, 0.2) is 0 Å². The molecule has 0 saturated heterocycles. The highest BCUT2D eigenvalue weighted by Gasteiger charge is 1.89. The molecule has 1 aromatic rings. The molecular weight excluding hydrogens is 114 g/mol. The zero-order valence-corrected chi connectivity index (χ0v) is 4.47. The molecule has 1 heterocycles. The van der Waals surface area contributed by atoms with Crippen LogP contribution in [0.5, 0.6) is 5.19 Å². The molecule has 0 aliphatic rings. The molecule has 0 aromatic carbocycles. The zero-order valence-electron chi connectivity index (χ0n) is 3.66. The second-order valence-electron chi connectivity index (χ2n) is 0.832. The molecule has 4 nitrogen and oxygen atoms in total. The standard InChI is InChI=1S/C2H3N3OS/c1-6-2-3-4-5-7-2/h1H3. The van der Waals surface area contributed by atoms with E-state index in [1.54, 1.807) is 0 Å². The molecule has 1 rings (SSSR count). The molecule has 38 valence electrons. The first-order valence-corrected chi connectivity index (χ1v) is 2.40. The van der Waals surface area contributed by atoms with Crippen LogP contribution in [0.3, 0.4) is 0 Å². The molecule has 0 bridgehead atoms. The number of methoxy groups -OCH3 is 1. The summed E-state index contributed by atoms with van der Waals surface area (Å²) in [6.45, 7) is 0. The van der Waals surface area contributed by atoms with Gasteiger partial charge in [0.05, 0.1) is 7.11 Å². The van der Waals surface area contributed by atoms with Gasteiger partial charge in [0.1, 0.15) is 0 Å². The van der Waals surface area contributed by atoms with E-state index < -0.39 is 0 Å². The van der Waals surface area contributed by atoms with Crippen molar-refractivity contribution < 1.29 is 4.74 Å². The first-order chi connectivity index (χ1) is 3.43. The van der Waals surface area contributed by atoms with Crippen molar-refractivity contribution in [3.05, 3.63) is 0 Å². The average molecular weight is 117 g/mol. The molecule has 0 unspecified atom stereocenters. The van der Waals surface area contributed by atoms with E-state index in [1.165, 1.54) is 7.11 Å². The highest BCUT2D eigenvalue weighted by atomic mass is 32.1. The summed E-state index contributed by atoms with van der Waals surface area (Å²) in [5.41, 5.74) is 0. The fourth-order valence-electron chi connectivity index (χ4n) is 0.204. The summed E-state index contributed by atoms with van der Waals surface area (Å²) < 4.78 is 8.09. The fraction of sp³-hybridized carbons (Fsp3) is 0.500. The van der Waals surface area contributed by atoms with Crippen LogP contribution in [-0.2, 0) is 0 Å². The molecule has 0 fully saturated rings. The summed E-state index contributed by atoms with van der Waals surface area (Å²) in [4.78, 5) is 0. The van der Waals surface area contributed by atoms with Crippen molar-refractivity contribution in [2.75, 3.05) is 7.11 Å². The van der Waals surface area contributed by atoms with Gasteiger partial charge in [0, 0.05) is 11.5 Å². The monoisotopic (exact) mass is 117 g/mol. The van der Waals surface area contributed by atoms with Gasteiger partial charge < -0.3 is 4.74 Å². The Morgan fingerprint density at radius 2 is 2.57 bits per heavy atom. The molecule has 0 aliphatic heterocycles. The highest BCUT2D eigenvalue weighted by Crippen LogP contribution is 2.05. The van der Waals surface area contributed by atoms with Gasteiger partial charge in [-0.3, -0.25) is 0 Å². The lowest BCUT2D eigenvalue weighted by molar-refractivity contribution is 0.407. The molecule has 0 aliphatic carbocycles. The van der Waals surface area contributed by atoms with Gasteiger partial charge in [-0.1, -0.05) is 9.59 Å². The molecule has 0 spiro atoms. The topological polar surface area (TPSA) is 47.9 Å². The van der Waals surface area contributed by atoms with E-state index in [2.05, 4.69) is 19.5 Å². The smallest absolute Gasteiger partial charge is 0.313 e. The number of ether oxygens (including phenoxy) is 1. The second kappa shape index (κ2) is 1.83. The first-order valence-electron chi connectivity index (χ1n) is 1.62. The Kier molecular flexibility index (Phi) is 1.16. The lowest BCUT2D eigenvalue weighted by atomic mass is 11.4. The summed E-state index contributed by atoms with van der Waals surface area (Å²) in [7, 11) is 1.53. The third-order valence-corrected chi connectivity index (χ3v) is 1.02. The van der Waals surface area contributed by atoms with Crippen molar-refractivity contribution in [1.29, 1.82) is 0 Å². The minimum absolute atomic E-state index is 0.500. The summed E-state index contributed by atoms with van der Waals surface area (Å²) in [5, 5.41) is 7.26. The maximum absolute atomic E-state index is 4.64. The van der Waals surface area contributed by atoms with Crippen molar-refractivity contribution >= 4 is 11.5 Å². The van der Waals surface area contributed by atoms with Gasteiger partial charge in [0.2, 0.25) is 0 Å². The number of hydrogen-bond acceptors (Lipinski definition) is 5. The number of hydrogen-bond donors (Lipinski definition) is 0. The van der Waals surface area contributed by atoms with E-state index in [0.717, 1.165) is 11.5 Å². The molecule has 0 radical (unpaired) electrons. The Hall–Kier alpha value is -0.710. The number of nitrogens with zero attached hydrogens (tertiary/aromatic N) is 3. The zero-order chi connectivity index (χ0) is 5.11. The normalized spacial score (nSPS) is 8.71. The van der Waals surface area contributed by atoms with Gasteiger partial charge in [-0.05, 0) is 5.21 Å². The predicted molar refractivity (Wildman–Crippen MR) is 24.3 cm³/mol. The number of rotatable bonds is 1. The Labute approximate surface area is 44.3 Å². The van der Waals surface area contributed by atoms with Crippen LogP contribution in [0.1, 0.15) is 0 Å². The number of aromatic nitrogens is 3. The van der Waals surface area contributed by atoms with Crippen LogP contribution in [-0.4, -0.2) is 21.9 Å². The Balaban J connectivity index is 2.76. The van der Waals surface area contributed by atoms with E-state index in [0.29, 0.717) is 5.19 Å². The van der Waals surface area contributed by atoms with E-state index in [9.17, 15) is 0 Å². The SMILES string of the molecule is COc1nnns1. The van der Waals surface area contributed by atoms with E-state index in [1.807, 2.05) is 0 Å². The Morgan fingerprint density at radius 3 is 2.86 bits per heavy atom. The third kappa shape index (κ3) is 0.833. The van der Waals surface area contributed by atoms with Gasteiger partial charge in [-0.15, -0.1) is 0 Å². The van der Waals surface area contributed by atoms with Gasteiger partial charge >= 0.3 is 5.19 Å². The molecule has 5 heteroatoms. The highest BCUT2D eigenvalue weighted by molar-refractivity contribution is 7.07. The van der Waals surface area contributed by atoms with Crippen LogP contribution >= 0.6 is 11.5 Å². The lowest BCUT2D eigenvalue weighted by Crippen LogP contribution is -1.78. The average Bonchev–Trinajstić information content (AvgIpc) is 2.14. The summed E-state index contributed by atoms with van der Waals surface area (Å²) >= 11 is 1.13. The maximum atomic E-state index is 4.64. The predicted octanol–water partition coefficient (Wildman–Crippen LogP) is -0.0583. The van der Waals surface area contributed by atoms with Crippen LogP contribution in [0.4, 0.5) is 0 Å². The fourth-order valence-corrected chi connectivity index (χ4v) is 0.495. The summed E-state index contributed by atoms with van der Waals surface area (Å²) in [6, 6.07) is 0. The van der Waals surface area contributed by atoms with Gasteiger partial charge in [0.25, 0.3) is 0 Å². The summed E-state index contributed by atoms with van der Waals surface area (Å²) in [6.07, 6.45) is 0. The van der Waals surface area contributed by atoms with Crippen molar-refractivity contribution in [3.8, 4) is 5.19 Å². The molecule has 7 heavy (non-hydrogen) atoms. The molecular formula is C2H3N3OS. The minimum Gasteiger partial charge on any atom is -0.471 e. The van der Waals surface area contributed by atoms with Crippen LogP contribution in [0.25, 0.3) is 0 Å². The van der Waals surface area contributed by atoms with E-state index in [4.69, 9.17) is 0 Å². The van der Waals surface area contributed by atoms with E-state index in [-0.39, 0.29) is 0 Å². The lowest BCUT2D eigenvalue weighted by Gasteiger charge is -1.80. The van der Waals surface area contributed by atoms with Crippen LogP contribution in [0, 0.1) is 0 Å². The Bertz CT molecular complexity index is 127. The van der Waals surface area contributed by atoms with Crippen molar-refractivity contribution in [3.63, 3.8) is 0 Å².